The molecule has 0 heterocycles. The second-order valence-electron chi connectivity index (χ2n) is 5.39. The summed E-state index contributed by atoms with van der Waals surface area (Å²) in [6, 6.07) is 2.50. The summed E-state index contributed by atoms with van der Waals surface area (Å²) < 4.78 is 76.9. The van der Waals surface area contributed by atoms with E-state index >= 15 is 0 Å². The minimum Gasteiger partial charge on any atom is -0.511 e. The van der Waals surface area contributed by atoms with Gasteiger partial charge in [0.05, 0.1) is 11.1 Å². The number of alkyl halides is 6. The molecule has 2 N–H and O–H groups in total. The molecule has 3 nitrogen and oxygen atoms in total. The third-order valence-electron chi connectivity index (χ3n) is 3.40. The van der Waals surface area contributed by atoms with Crippen molar-refractivity contribution in [2.45, 2.75) is 25.2 Å². The van der Waals surface area contributed by atoms with E-state index in [1.165, 1.54) is 0 Å². The Morgan fingerprint density at radius 2 is 1.56 bits per heavy atom. The van der Waals surface area contributed by atoms with Gasteiger partial charge in [0.1, 0.15) is 22.4 Å². The van der Waals surface area contributed by atoms with Crippen molar-refractivity contribution in [2.75, 3.05) is 5.32 Å². The van der Waals surface area contributed by atoms with E-state index in [0.717, 1.165) is 0 Å². The van der Waals surface area contributed by atoms with Crippen LogP contribution in [0.15, 0.2) is 29.5 Å². The molecule has 0 atom stereocenters. The molecule has 1 fully saturated rings. The van der Waals surface area contributed by atoms with Crippen LogP contribution in [0.3, 0.4) is 0 Å². The van der Waals surface area contributed by atoms with Gasteiger partial charge in [-0.15, -0.1) is 0 Å². The highest BCUT2D eigenvalue weighted by atomic mass is 32.1. The Morgan fingerprint density at radius 1 is 1.08 bits per heavy atom. The molecule has 0 saturated heterocycles. The summed E-state index contributed by atoms with van der Waals surface area (Å²) in [5.74, 6) is -0.579. The lowest BCUT2D eigenvalue weighted by molar-refractivity contribution is -0.143. The molecule has 1 aromatic carbocycles. The molecule has 0 bridgehead atoms. The number of nitriles is 1. The van der Waals surface area contributed by atoms with Gasteiger partial charge in [-0.3, -0.25) is 0 Å². The zero-order chi connectivity index (χ0) is 19.0. The standard InChI is InChI=1S/C15H10F6N2OS/c16-14(17,18)8-3-9(15(19,20)21)5-10(4-8)23-13(25)11(6-22)12(24)7-1-2-7/h3-5,7,24H,1-2H2,(H,23,25)/b12-11-. The first-order valence-electron chi connectivity index (χ1n) is 6.87. The minimum absolute atomic E-state index is 0.0169. The van der Waals surface area contributed by atoms with Crippen molar-refractivity contribution < 1.29 is 31.4 Å². The van der Waals surface area contributed by atoms with Gasteiger partial charge in [-0.1, -0.05) is 12.2 Å². The molecule has 0 spiro atoms. The number of rotatable bonds is 3. The first-order valence-corrected chi connectivity index (χ1v) is 7.28. The molecule has 0 aliphatic heterocycles. The maximum absolute atomic E-state index is 12.8. The Bertz CT molecular complexity index is 739. The van der Waals surface area contributed by atoms with Crippen LogP contribution in [0.5, 0.6) is 0 Å². The SMILES string of the molecule is N#C/C(C(=S)Nc1cc(C(F)(F)F)cc(C(F)(F)F)c1)=C(/O)C1CC1. The van der Waals surface area contributed by atoms with Gasteiger partial charge in [0, 0.05) is 11.6 Å². The van der Waals surface area contributed by atoms with E-state index in [9.17, 15) is 31.4 Å². The van der Waals surface area contributed by atoms with Crippen LogP contribution < -0.4 is 5.32 Å². The molecular weight excluding hydrogens is 370 g/mol. The molecule has 0 amide bonds. The number of hydrogen-bond donors (Lipinski definition) is 2. The molecule has 1 aliphatic rings. The van der Waals surface area contributed by atoms with Crippen molar-refractivity contribution >= 4 is 22.9 Å². The Balaban J connectivity index is 2.40. The fraction of sp³-hybridized carbons (Fsp3) is 0.333. The molecule has 0 unspecified atom stereocenters. The van der Waals surface area contributed by atoms with Crippen molar-refractivity contribution in [1.29, 1.82) is 5.26 Å². The van der Waals surface area contributed by atoms with E-state index in [4.69, 9.17) is 17.5 Å². The summed E-state index contributed by atoms with van der Waals surface area (Å²) in [5, 5.41) is 21.0. The molecule has 1 aliphatic carbocycles. The number of thiocarbonyl (C=S) groups is 1. The largest absolute Gasteiger partial charge is 0.511 e. The second-order valence-corrected chi connectivity index (χ2v) is 5.80. The summed E-state index contributed by atoms with van der Waals surface area (Å²) in [6.45, 7) is 0. The quantitative estimate of drug-likeness (QED) is 0.249. The highest BCUT2D eigenvalue weighted by Crippen LogP contribution is 2.38. The van der Waals surface area contributed by atoms with Crippen LogP contribution in [-0.4, -0.2) is 10.1 Å². The average molecular weight is 380 g/mol. The van der Waals surface area contributed by atoms with Crippen LogP contribution in [0.1, 0.15) is 24.0 Å². The van der Waals surface area contributed by atoms with Gasteiger partial charge in [0.2, 0.25) is 0 Å². The Kier molecular flexibility index (Phi) is 4.99. The average Bonchev–Trinajstić information content (AvgIpc) is 3.30. The number of hydrogen-bond acceptors (Lipinski definition) is 3. The predicted octanol–water partition coefficient (Wildman–Crippen LogP) is 5.21. The van der Waals surface area contributed by atoms with Gasteiger partial charge in [-0.2, -0.15) is 31.6 Å². The van der Waals surface area contributed by atoms with Gasteiger partial charge in [0.25, 0.3) is 0 Å². The third kappa shape index (κ3) is 4.63. The lowest BCUT2D eigenvalue weighted by Crippen LogP contribution is -2.16. The normalized spacial score (nSPS) is 16.0. The molecule has 134 valence electrons. The van der Waals surface area contributed by atoms with Gasteiger partial charge >= 0.3 is 12.4 Å². The molecule has 0 aromatic heterocycles. The number of aliphatic hydroxyl groups excluding tert-OH is 1. The number of anilines is 1. The summed E-state index contributed by atoms with van der Waals surface area (Å²) in [7, 11) is 0. The van der Waals surface area contributed by atoms with Crippen molar-refractivity contribution in [2.24, 2.45) is 5.92 Å². The van der Waals surface area contributed by atoms with Crippen molar-refractivity contribution in [3.8, 4) is 6.07 Å². The van der Waals surface area contributed by atoms with Crippen molar-refractivity contribution in [3.05, 3.63) is 40.7 Å². The highest BCUT2D eigenvalue weighted by Gasteiger charge is 2.37. The van der Waals surface area contributed by atoms with Gasteiger partial charge in [-0.25, -0.2) is 0 Å². The predicted molar refractivity (Wildman–Crippen MR) is 80.7 cm³/mol. The Labute approximate surface area is 143 Å². The first-order chi connectivity index (χ1) is 11.4. The fourth-order valence-electron chi connectivity index (χ4n) is 2.01. The second kappa shape index (κ2) is 6.55. The van der Waals surface area contributed by atoms with Crippen LogP contribution in [0, 0.1) is 17.2 Å². The molecule has 1 saturated carbocycles. The van der Waals surface area contributed by atoms with E-state index in [2.05, 4.69) is 5.32 Å². The van der Waals surface area contributed by atoms with Crippen LogP contribution in [-0.2, 0) is 12.4 Å². The van der Waals surface area contributed by atoms with Gasteiger partial charge in [0.15, 0.2) is 0 Å². The van der Waals surface area contributed by atoms with Crippen LogP contribution in [0.2, 0.25) is 0 Å². The molecular formula is C15H10F6N2OS. The number of halogens is 6. The smallest absolute Gasteiger partial charge is 0.416 e. The van der Waals surface area contributed by atoms with Crippen molar-refractivity contribution in [3.63, 3.8) is 0 Å². The summed E-state index contributed by atoms with van der Waals surface area (Å²) in [6.07, 6.45) is -8.74. The number of nitrogens with zero attached hydrogens (tertiary/aromatic N) is 1. The van der Waals surface area contributed by atoms with Crippen LogP contribution in [0.25, 0.3) is 0 Å². The molecule has 0 radical (unpaired) electrons. The maximum Gasteiger partial charge on any atom is 0.416 e. The summed E-state index contributed by atoms with van der Waals surface area (Å²) in [4.78, 5) is -0.445. The van der Waals surface area contributed by atoms with E-state index in [-0.39, 0.29) is 23.3 Å². The number of aliphatic hydroxyl groups is 1. The molecule has 2 rings (SSSR count). The van der Waals surface area contributed by atoms with Crippen LogP contribution >= 0.6 is 12.2 Å². The summed E-state index contributed by atoms with van der Waals surface area (Å²) >= 11 is 4.84. The topological polar surface area (TPSA) is 56.0 Å². The van der Waals surface area contributed by atoms with E-state index in [1.54, 1.807) is 6.07 Å². The number of benzene rings is 1. The zero-order valence-electron chi connectivity index (χ0n) is 12.3. The van der Waals surface area contributed by atoms with Crippen LogP contribution in [0.4, 0.5) is 32.0 Å². The highest BCUT2D eigenvalue weighted by molar-refractivity contribution is 7.81. The Hall–Kier alpha value is -2.28. The Morgan fingerprint density at radius 3 is 1.92 bits per heavy atom. The minimum atomic E-state index is -5.00. The van der Waals surface area contributed by atoms with E-state index in [1.807, 2.05) is 0 Å². The number of nitrogens with one attached hydrogen (secondary N) is 1. The zero-order valence-corrected chi connectivity index (χ0v) is 13.1. The first kappa shape index (κ1) is 19.1. The fourth-order valence-corrected chi connectivity index (χ4v) is 2.27. The lowest BCUT2D eigenvalue weighted by Gasteiger charge is -2.15. The van der Waals surface area contributed by atoms with Crippen molar-refractivity contribution in [1.82, 2.24) is 0 Å². The van der Waals surface area contributed by atoms with E-state index < -0.39 is 34.2 Å². The molecule has 25 heavy (non-hydrogen) atoms. The summed E-state index contributed by atoms with van der Waals surface area (Å²) in [5.41, 5.74) is -3.98. The number of allylic oxidation sites excluding steroid dienone is 1. The third-order valence-corrected chi connectivity index (χ3v) is 3.71. The monoisotopic (exact) mass is 380 g/mol. The molecule has 1 aromatic rings. The maximum atomic E-state index is 12.8. The van der Waals surface area contributed by atoms with E-state index in [0.29, 0.717) is 25.0 Å². The molecule has 10 heteroatoms. The van der Waals surface area contributed by atoms with Gasteiger partial charge < -0.3 is 10.4 Å². The lowest BCUT2D eigenvalue weighted by atomic mass is 10.1. The van der Waals surface area contributed by atoms with Gasteiger partial charge in [-0.05, 0) is 31.0 Å².